The van der Waals surface area contributed by atoms with Crippen LogP contribution in [0.3, 0.4) is 0 Å². The van der Waals surface area contributed by atoms with Crippen LogP contribution in [-0.4, -0.2) is 11.0 Å². The Kier molecular flexibility index (Phi) is 4.67. The molecule has 2 aromatic rings. The molecule has 0 spiro atoms. The van der Waals surface area contributed by atoms with Gasteiger partial charge in [-0.15, -0.1) is 0 Å². The summed E-state index contributed by atoms with van der Waals surface area (Å²) in [7, 11) is 0. The van der Waals surface area contributed by atoms with Crippen molar-refractivity contribution < 1.29 is 9.94 Å². The molecule has 0 aliphatic rings. The molecule has 0 aromatic heterocycles. The van der Waals surface area contributed by atoms with Crippen molar-refractivity contribution >= 4 is 37.7 Å². The number of benzene rings is 2. The molecule has 20 heavy (non-hydrogen) atoms. The Morgan fingerprint density at radius 2 is 1.75 bits per heavy atom. The van der Waals surface area contributed by atoms with Crippen molar-refractivity contribution in [3.63, 3.8) is 0 Å². The van der Waals surface area contributed by atoms with Gasteiger partial charge < -0.3 is 15.7 Å². The van der Waals surface area contributed by atoms with Gasteiger partial charge in [0.05, 0.1) is 5.56 Å². The Morgan fingerprint density at radius 1 is 1.10 bits per heavy atom. The predicted octanol–water partition coefficient (Wildman–Crippen LogP) is 4.41. The number of halogens is 2. The minimum atomic E-state index is -0.00560. The van der Waals surface area contributed by atoms with E-state index in [9.17, 15) is 0 Å². The molecule has 0 amide bonds. The smallest absolute Gasteiger partial charge is 0.173 e. The molecule has 0 saturated heterocycles. The number of oxime groups is 1. The SMILES string of the molecule is Cc1ccc(Br)cc1Oc1ccc(Br)cc1/C(N)=N/O. The van der Waals surface area contributed by atoms with Gasteiger partial charge in [-0.25, -0.2) is 0 Å². The van der Waals surface area contributed by atoms with Crippen LogP contribution in [0, 0.1) is 6.92 Å². The summed E-state index contributed by atoms with van der Waals surface area (Å²) in [4.78, 5) is 0. The zero-order valence-electron chi connectivity index (χ0n) is 10.6. The molecular formula is C14H12Br2N2O2. The molecule has 2 rings (SSSR count). The molecule has 4 nitrogen and oxygen atoms in total. The third-order valence-corrected chi connectivity index (χ3v) is 3.68. The van der Waals surface area contributed by atoms with Gasteiger partial charge in [0.1, 0.15) is 11.5 Å². The van der Waals surface area contributed by atoms with E-state index in [2.05, 4.69) is 37.0 Å². The highest BCUT2D eigenvalue weighted by atomic mass is 79.9. The van der Waals surface area contributed by atoms with Crippen molar-refractivity contribution in [2.24, 2.45) is 10.9 Å². The Hall–Kier alpha value is -1.53. The van der Waals surface area contributed by atoms with Crippen LogP contribution >= 0.6 is 31.9 Å². The highest BCUT2D eigenvalue weighted by Crippen LogP contribution is 2.31. The monoisotopic (exact) mass is 398 g/mol. The highest BCUT2D eigenvalue weighted by molar-refractivity contribution is 9.10. The van der Waals surface area contributed by atoms with Gasteiger partial charge in [0.25, 0.3) is 0 Å². The fourth-order valence-corrected chi connectivity index (χ4v) is 2.35. The summed E-state index contributed by atoms with van der Waals surface area (Å²) in [5.41, 5.74) is 7.18. The zero-order chi connectivity index (χ0) is 14.7. The molecule has 3 N–H and O–H groups in total. The maximum absolute atomic E-state index is 8.85. The minimum Gasteiger partial charge on any atom is -0.456 e. The predicted molar refractivity (Wildman–Crippen MR) is 85.6 cm³/mol. The lowest BCUT2D eigenvalue weighted by Gasteiger charge is -2.13. The normalized spacial score (nSPS) is 11.4. The number of rotatable bonds is 3. The summed E-state index contributed by atoms with van der Waals surface area (Å²) in [5.74, 6) is 1.22. The van der Waals surface area contributed by atoms with Crippen LogP contribution in [0.5, 0.6) is 11.5 Å². The highest BCUT2D eigenvalue weighted by Gasteiger charge is 2.11. The number of nitrogens with two attached hydrogens (primary N) is 1. The summed E-state index contributed by atoms with van der Waals surface area (Å²) >= 11 is 6.76. The van der Waals surface area contributed by atoms with Gasteiger partial charge in [0.15, 0.2) is 5.84 Å². The molecular weight excluding hydrogens is 388 g/mol. The standard InChI is InChI=1S/C14H12Br2N2O2/c1-8-2-3-10(16)7-13(8)20-12-5-4-9(15)6-11(12)14(17)18-19/h2-7,19H,1H3,(H2,17,18). The van der Waals surface area contributed by atoms with E-state index >= 15 is 0 Å². The topological polar surface area (TPSA) is 67.8 Å². The zero-order valence-corrected chi connectivity index (χ0v) is 13.8. The van der Waals surface area contributed by atoms with E-state index in [1.54, 1.807) is 12.1 Å². The molecule has 0 bridgehead atoms. The van der Waals surface area contributed by atoms with Gasteiger partial charge in [0, 0.05) is 8.95 Å². The number of aryl methyl sites for hydroxylation is 1. The van der Waals surface area contributed by atoms with E-state index in [1.807, 2.05) is 31.2 Å². The number of hydrogen-bond donors (Lipinski definition) is 2. The molecule has 0 heterocycles. The van der Waals surface area contributed by atoms with Crippen molar-refractivity contribution in [3.05, 3.63) is 56.5 Å². The summed E-state index contributed by atoms with van der Waals surface area (Å²) in [6, 6.07) is 11.1. The molecule has 0 unspecified atom stereocenters. The number of ether oxygens (including phenoxy) is 1. The van der Waals surface area contributed by atoms with Crippen molar-refractivity contribution in [2.45, 2.75) is 6.92 Å². The van der Waals surface area contributed by atoms with Crippen LogP contribution in [0.4, 0.5) is 0 Å². The minimum absolute atomic E-state index is 0.00560. The maximum Gasteiger partial charge on any atom is 0.173 e. The van der Waals surface area contributed by atoms with E-state index in [0.29, 0.717) is 17.1 Å². The quantitative estimate of drug-likeness (QED) is 0.347. The number of hydrogen-bond acceptors (Lipinski definition) is 3. The van der Waals surface area contributed by atoms with Gasteiger partial charge in [-0.05, 0) is 42.8 Å². The van der Waals surface area contributed by atoms with Crippen LogP contribution in [-0.2, 0) is 0 Å². The van der Waals surface area contributed by atoms with Crippen LogP contribution in [0.2, 0.25) is 0 Å². The van der Waals surface area contributed by atoms with E-state index in [0.717, 1.165) is 14.5 Å². The number of nitrogens with zero attached hydrogens (tertiary/aromatic N) is 1. The molecule has 0 radical (unpaired) electrons. The second-order valence-corrected chi connectivity index (χ2v) is 5.97. The summed E-state index contributed by atoms with van der Waals surface area (Å²) in [5, 5.41) is 11.9. The van der Waals surface area contributed by atoms with Crippen molar-refractivity contribution in [2.75, 3.05) is 0 Å². The van der Waals surface area contributed by atoms with Crippen LogP contribution in [0.1, 0.15) is 11.1 Å². The van der Waals surface area contributed by atoms with Crippen LogP contribution < -0.4 is 10.5 Å². The molecule has 0 saturated carbocycles. The van der Waals surface area contributed by atoms with Crippen molar-refractivity contribution in [1.82, 2.24) is 0 Å². The first kappa shape index (κ1) is 14.9. The Balaban J connectivity index is 2.46. The second-order valence-electron chi connectivity index (χ2n) is 4.14. The first-order valence-corrected chi connectivity index (χ1v) is 7.31. The average Bonchev–Trinajstić information content (AvgIpc) is 2.43. The van der Waals surface area contributed by atoms with Gasteiger partial charge in [-0.1, -0.05) is 43.1 Å². The lowest BCUT2D eigenvalue weighted by Crippen LogP contribution is -2.14. The van der Waals surface area contributed by atoms with Crippen molar-refractivity contribution in [3.8, 4) is 11.5 Å². The lowest BCUT2D eigenvalue weighted by atomic mass is 10.1. The van der Waals surface area contributed by atoms with Crippen LogP contribution in [0.25, 0.3) is 0 Å². The summed E-state index contributed by atoms with van der Waals surface area (Å²) < 4.78 is 7.61. The molecule has 0 aliphatic carbocycles. The van der Waals surface area contributed by atoms with E-state index in [1.165, 1.54) is 0 Å². The van der Waals surface area contributed by atoms with Gasteiger partial charge in [-0.2, -0.15) is 0 Å². The van der Waals surface area contributed by atoms with E-state index < -0.39 is 0 Å². The van der Waals surface area contributed by atoms with Crippen molar-refractivity contribution in [1.29, 1.82) is 0 Å². The molecule has 2 aromatic carbocycles. The third kappa shape index (κ3) is 3.32. The second kappa shape index (κ2) is 6.28. The lowest BCUT2D eigenvalue weighted by molar-refractivity contribution is 0.318. The summed E-state index contributed by atoms with van der Waals surface area (Å²) in [6.45, 7) is 1.95. The Labute approximate surface area is 133 Å². The van der Waals surface area contributed by atoms with Crippen LogP contribution in [0.15, 0.2) is 50.5 Å². The fourth-order valence-electron chi connectivity index (χ4n) is 1.65. The molecule has 0 aliphatic heterocycles. The molecule has 0 fully saturated rings. The fraction of sp³-hybridized carbons (Fsp3) is 0.0714. The van der Waals surface area contributed by atoms with Gasteiger partial charge in [0.2, 0.25) is 0 Å². The molecule has 6 heteroatoms. The van der Waals surface area contributed by atoms with Gasteiger partial charge in [-0.3, -0.25) is 0 Å². The Morgan fingerprint density at radius 3 is 2.45 bits per heavy atom. The first-order valence-electron chi connectivity index (χ1n) is 5.72. The molecule has 104 valence electrons. The molecule has 0 atom stereocenters. The Bertz CT molecular complexity index is 672. The maximum atomic E-state index is 8.85. The van der Waals surface area contributed by atoms with Gasteiger partial charge >= 0.3 is 0 Å². The third-order valence-electron chi connectivity index (χ3n) is 2.70. The summed E-state index contributed by atoms with van der Waals surface area (Å²) in [6.07, 6.45) is 0. The van der Waals surface area contributed by atoms with E-state index in [-0.39, 0.29) is 5.84 Å². The largest absolute Gasteiger partial charge is 0.456 e. The first-order chi connectivity index (χ1) is 9.51. The number of amidine groups is 1. The van der Waals surface area contributed by atoms with E-state index in [4.69, 9.17) is 15.7 Å². The average molecular weight is 400 g/mol.